The third kappa shape index (κ3) is 5.13. The Morgan fingerprint density at radius 2 is 1.74 bits per heavy atom. The van der Waals surface area contributed by atoms with Crippen LogP contribution in [0.4, 0.5) is 5.69 Å². The fraction of sp³-hybridized carbons (Fsp3) is 0.227. The molecule has 160 valence electrons. The van der Waals surface area contributed by atoms with E-state index in [2.05, 4.69) is 10.4 Å². The van der Waals surface area contributed by atoms with Gasteiger partial charge in [-0.05, 0) is 36.8 Å². The van der Waals surface area contributed by atoms with Crippen LogP contribution in [0, 0.1) is 0 Å². The summed E-state index contributed by atoms with van der Waals surface area (Å²) in [6.45, 7) is 1.87. The summed E-state index contributed by atoms with van der Waals surface area (Å²) in [4.78, 5) is 48.4. The number of carbonyl (C=O) groups is 3. The standard InChI is InChI=1S/C22H21N3O6/c1-2-3-12-31-22(30)14-8-10-15(11-9-14)23-18(26)13-25-20(27)17-7-5-4-6-16(17)19(24-25)21(28)29/h4-11H,2-3,12-13H2,1H3,(H,23,26)(H,28,29). The van der Waals surface area contributed by atoms with Gasteiger partial charge in [-0.15, -0.1) is 0 Å². The van der Waals surface area contributed by atoms with Crippen molar-refractivity contribution in [2.24, 2.45) is 0 Å². The van der Waals surface area contributed by atoms with Gasteiger partial charge >= 0.3 is 11.9 Å². The fourth-order valence-electron chi connectivity index (χ4n) is 2.92. The summed E-state index contributed by atoms with van der Waals surface area (Å²) in [7, 11) is 0. The molecular formula is C22H21N3O6. The Morgan fingerprint density at radius 3 is 2.39 bits per heavy atom. The molecule has 0 aliphatic carbocycles. The number of esters is 1. The summed E-state index contributed by atoms with van der Waals surface area (Å²) in [5, 5.41) is 16.2. The average molecular weight is 423 g/mol. The predicted octanol–water partition coefficient (Wildman–Crippen LogP) is 2.69. The maximum absolute atomic E-state index is 12.6. The number of carboxylic acid groups (broad SMARTS) is 1. The van der Waals surface area contributed by atoms with Gasteiger partial charge < -0.3 is 15.2 Å². The highest BCUT2D eigenvalue weighted by molar-refractivity contribution is 6.01. The number of nitrogens with one attached hydrogen (secondary N) is 1. The Kier molecular flexibility index (Phi) is 6.76. The highest BCUT2D eigenvalue weighted by atomic mass is 16.5. The zero-order valence-electron chi connectivity index (χ0n) is 16.8. The topological polar surface area (TPSA) is 128 Å². The Hall–Kier alpha value is -4.01. The van der Waals surface area contributed by atoms with Gasteiger partial charge in [0.05, 0.1) is 17.6 Å². The Bertz CT molecular complexity index is 1180. The van der Waals surface area contributed by atoms with E-state index in [1.165, 1.54) is 36.4 Å². The van der Waals surface area contributed by atoms with Crippen molar-refractivity contribution >= 4 is 34.3 Å². The predicted molar refractivity (Wildman–Crippen MR) is 113 cm³/mol. The van der Waals surface area contributed by atoms with Crippen LogP contribution in [0.2, 0.25) is 0 Å². The number of anilines is 1. The molecule has 0 aliphatic heterocycles. The van der Waals surface area contributed by atoms with Gasteiger partial charge in [0.15, 0.2) is 5.69 Å². The Morgan fingerprint density at radius 1 is 1.06 bits per heavy atom. The number of ether oxygens (including phenoxy) is 1. The lowest BCUT2D eigenvalue weighted by Gasteiger charge is -2.10. The monoisotopic (exact) mass is 423 g/mol. The van der Waals surface area contributed by atoms with E-state index in [1.54, 1.807) is 12.1 Å². The number of rotatable bonds is 8. The summed E-state index contributed by atoms with van der Waals surface area (Å²) < 4.78 is 5.95. The second-order valence-electron chi connectivity index (χ2n) is 6.78. The molecule has 0 atom stereocenters. The summed E-state index contributed by atoms with van der Waals surface area (Å²) in [6.07, 6.45) is 1.70. The number of nitrogens with zero attached hydrogens (tertiary/aromatic N) is 2. The summed E-state index contributed by atoms with van der Waals surface area (Å²) >= 11 is 0. The molecule has 0 spiro atoms. The molecule has 9 heteroatoms. The first-order valence-electron chi connectivity index (χ1n) is 9.71. The van der Waals surface area contributed by atoms with Crippen LogP contribution in [-0.2, 0) is 16.1 Å². The van der Waals surface area contributed by atoms with Gasteiger partial charge in [0.2, 0.25) is 5.91 Å². The van der Waals surface area contributed by atoms with Gasteiger partial charge in [-0.3, -0.25) is 9.59 Å². The minimum atomic E-state index is -1.30. The molecule has 1 heterocycles. The van der Waals surface area contributed by atoms with E-state index < -0.39 is 29.9 Å². The third-order valence-electron chi connectivity index (χ3n) is 4.50. The zero-order valence-corrected chi connectivity index (χ0v) is 16.8. The second-order valence-corrected chi connectivity index (χ2v) is 6.78. The van der Waals surface area contributed by atoms with E-state index in [9.17, 15) is 24.3 Å². The number of aromatic nitrogens is 2. The molecule has 0 bridgehead atoms. The zero-order chi connectivity index (χ0) is 22.4. The van der Waals surface area contributed by atoms with Crippen LogP contribution in [0.1, 0.15) is 40.6 Å². The fourth-order valence-corrected chi connectivity index (χ4v) is 2.92. The smallest absolute Gasteiger partial charge is 0.357 e. The van der Waals surface area contributed by atoms with E-state index >= 15 is 0 Å². The number of carboxylic acids is 1. The number of benzene rings is 2. The molecule has 3 aromatic rings. The molecule has 31 heavy (non-hydrogen) atoms. The maximum Gasteiger partial charge on any atom is 0.357 e. The van der Waals surface area contributed by atoms with Crippen molar-refractivity contribution in [1.82, 2.24) is 9.78 Å². The SMILES string of the molecule is CCCCOC(=O)c1ccc(NC(=O)Cn2nc(C(=O)O)c3ccccc3c2=O)cc1. The Balaban J connectivity index is 1.73. The van der Waals surface area contributed by atoms with Crippen LogP contribution in [0.3, 0.4) is 0 Å². The summed E-state index contributed by atoms with van der Waals surface area (Å²) in [5.41, 5.74) is -0.120. The first-order chi connectivity index (χ1) is 14.9. The summed E-state index contributed by atoms with van der Waals surface area (Å²) in [5.74, 6) is -2.31. The normalized spacial score (nSPS) is 10.6. The molecule has 0 aliphatic rings. The first-order valence-corrected chi connectivity index (χ1v) is 9.71. The number of hydrogen-bond acceptors (Lipinski definition) is 6. The van der Waals surface area contributed by atoms with Crippen molar-refractivity contribution in [3.63, 3.8) is 0 Å². The van der Waals surface area contributed by atoms with Crippen molar-refractivity contribution in [1.29, 1.82) is 0 Å². The molecule has 1 amide bonds. The number of hydrogen-bond donors (Lipinski definition) is 2. The molecule has 9 nitrogen and oxygen atoms in total. The van der Waals surface area contributed by atoms with Crippen LogP contribution in [0.15, 0.2) is 53.3 Å². The van der Waals surface area contributed by atoms with Gasteiger partial charge in [-0.25, -0.2) is 14.3 Å². The van der Waals surface area contributed by atoms with E-state index in [0.29, 0.717) is 17.9 Å². The average Bonchev–Trinajstić information content (AvgIpc) is 2.76. The van der Waals surface area contributed by atoms with Crippen LogP contribution >= 0.6 is 0 Å². The van der Waals surface area contributed by atoms with Crippen molar-refractivity contribution in [2.75, 3.05) is 11.9 Å². The molecule has 1 aromatic heterocycles. The largest absolute Gasteiger partial charge is 0.476 e. The van der Waals surface area contributed by atoms with E-state index in [0.717, 1.165) is 17.5 Å². The lowest BCUT2D eigenvalue weighted by Crippen LogP contribution is -2.31. The number of fused-ring (bicyclic) bond motifs is 1. The van der Waals surface area contributed by atoms with Crippen molar-refractivity contribution in [2.45, 2.75) is 26.3 Å². The highest BCUT2D eigenvalue weighted by Gasteiger charge is 2.17. The second kappa shape index (κ2) is 9.66. The number of amides is 1. The summed E-state index contributed by atoms with van der Waals surface area (Å²) in [6, 6.07) is 12.3. The van der Waals surface area contributed by atoms with Gasteiger partial charge in [0.1, 0.15) is 6.54 Å². The molecule has 0 fully saturated rings. The molecule has 0 unspecified atom stereocenters. The molecule has 2 N–H and O–H groups in total. The first kappa shape index (κ1) is 21.7. The number of aromatic carboxylic acids is 1. The third-order valence-corrected chi connectivity index (χ3v) is 4.50. The molecule has 0 radical (unpaired) electrons. The van der Waals surface area contributed by atoms with E-state index in [4.69, 9.17) is 4.74 Å². The minimum absolute atomic E-state index is 0.161. The maximum atomic E-state index is 12.6. The van der Waals surface area contributed by atoms with Gasteiger partial charge in [-0.2, -0.15) is 5.10 Å². The molecule has 3 rings (SSSR count). The van der Waals surface area contributed by atoms with Gasteiger partial charge in [0, 0.05) is 11.1 Å². The van der Waals surface area contributed by atoms with Crippen molar-refractivity contribution < 1.29 is 24.2 Å². The molecular weight excluding hydrogens is 402 g/mol. The number of carbonyl (C=O) groups excluding carboxylic acids is 2. The lowest BCUT2D eigenvalue weighted by atomic mass is 10.1. The van der Waals surface area contributed by atoms with E-state index in [1.807, 2.05) is 6.92 Å². The van der Waals surface area contributed by atoms with Crippen molar-refractivity contribution in [3.8, 4) is 0 Å². The Labute approximate surface area is 177 Å². The van der Waals surface area contributed by atoms with Crippen LogP contribution in [-0.4, -0.2) is 39.3 Å². The molecule has 0 saturated carbocycles. The lowest BCUT2D eigenvalue weighted by molar-refractivity contribution is -0.117. The molecule has 2 aromatic carbocycles. The van der Waals surface area contributed by atoms with Crippen LogP contribution < -0.4 is 10.9 Å². The molecule has 0 saturated heterocycles. The minimum Gasteiger partial charge on any atom is -0.476 e. The highest BCUT2D eigenvalue weighted by Crippen LogP contribution is 2.14. The number of unbranched alkanes of at least 4 members (excludes halogenated alkanes) is 1. The van der Waals surface area contributed by atoms with Crippen molar-refractivity contribution in [3.05, 3.63) is 70.1 Å². The van der Waals surface area contributed by atoms with Gasteiger partial charge in [0.25, 0.3) is 5.56 Å². The van der Waals surface area contributed by atoms with E-state index in [-0.39, 0.29) is 16.5 Å². The van der Waals surface area contributed by atoms with Crippen LogP contribution in [0.25, 0.3) is 10.8 Å². The van der Waals surface area contributed by atoms with Crippen LogP contribution in [0.5, 0.6) is 0 Å². The quantitative estimate of drug-likeness (QED) is 0.421. The van der Waals surface area contributed by atoms with Gasteiger partial charge in [-0.1, -0.05) is 31.5 Å².